The van der Waals surface area contributed by atoms with Gasteiger partial charge in [0.05, 0.1) is 5.69 Å². The molecule has 0 N–H and O–H groups in total. The number of fused-ring (bicyclic) bond motifs is 1. The Hall–Kier alpha value is -2.20. The molecule has 3 rings (SSSR count). The first-order chi connectivity index (χ1) is 8.79. The fourth-order valence-corrected chi connectivity index (χ4v) is 2.06. The highest BCUT2D eigenvalue weighted by atomic mass is 35.5. The van der Waals surface area contributed by atoms with Gasteiger partial charge in [0, 0.05) is 10.6 Å². The largest absolute Gasteiger partial charge is 0.296 e. The molecule has 0 unspecified atom stereocenters. The lowest BCUT2D eigenvalue weighted by molar-refractivity contribution is 0.111. The molecule has 2 aromatic heterocycles. The second kappa shape index (κ2) is 4.23. The fourth-order valence-electron chi connectivity index (χ4n) is 1.87. The molecular weight excluding hydrogens is 250 g/mol. The van der Waals surface area contributed by atoms with Gasteiger partial charge in [-0.2, -0.15) is 0 Å². The lowest BCUT2D eigenvalue weighted by atomic mass is 10.2. The van der Waals surface area contributed by atoms with E-state index < -0.39 is 0 Å². The van der Waals surface area contributed by atoms with E-state index in [2.05, 4.69) is 10.2 Å². The molecule has 0 radical (unpaired) electrons. The Morgan fingerprint density at radius 2 is 1.94 bits per heavy atom. The van der Waals surface area contributed by atoms with Crippen LogP contribution < -0.4 is 0 Å². The highest BCUT2D eigenvalue weighted by Crippen LogP contribution is 2.22. The van der Waals surface area contributed by atoms with Gasteiger partial charge in [-0.05, 0) is 24.3 Å². The Balaban J connectivity index is 2.33. The van der Waals surface area contributed by atoms with E-state index in [9.17, 15) is 4.79 Å². The Labute approximate surface area is 108 Å². The van der Waals surface area contributed by atoms with Gasteiger partial charge in [-0.25, -0.2) is 0 Å². The molecule has 0 bridgehead atoms. The summed E-state index contributed by atoms with van der Waals surface area (Å²) in [5.41, 5.74) is 1.96. The molecule has 0 aliphatic carbocycles. The molecule has 0 spiro atoms. The van der Waals surface area contributed by atoms with Gasteiger partial charge in [-0.15, -0.1) is 10.2 Å². The van der Waals surface area contributed by atoms with Gasteiger partial charge in [0.2, 0.25) is 0 Å². The summed E-state index contributed by atoms with van der Waals surface area (Å²) in [6.45, 7) is 0. The van der Waals surface area contributed by atoms with E-state index in [1.165, 1.54) is 0 Å². The topological polar surface area (TPSA) is 47.3 Å². The number of hydrogen-bond donors (Lipinski definition) is 0. The van der Waals surface area contributed by atoms with Crippen LogP contribution in [0.2, 0.25) is 5.02 Å². The maximum Gasteiger partial charge on any atom is 0.168 e. The maximum absolute atomic E-state index is 11.1. The molecule has 3 aromatic rings. The Morgan fingerprint density at radius 3 is 2.72 bits per heavy atom. The van der Waals surface area contributed by atoms with Crippen molar-refractivity contribution in [3.63, 3.8) is 0 Å². The minimum absolute atomic E-state index is 0.507. The average molecular weight is 258 g/mol. The maximum atomic E-state index is 11.1. The zero-order valence-electron chi connectivity index (χ0n) is 9.25. The van der Waals surface area contributed by atoms with Crippen LogP contribution >= 0.6 is 11.6 Å². The number of nitrogens with zero attached hydrogens (tertiary/aromatic N) is 3. The first-order valence-corrected chi connectivity index (χ1v) is 5.72. The van der Waals surface area contributed by atoms with Crippen molar-refractivity contribution in [3.05, 3.63) is 53.2 Å². The number of aromatic nitrogens is 3. The lowest BCUT2D eigenvalue weighted by Crippen LogP contribution is -1.97. The van der Waals surface area contributed by atoms with Crippen LogP contribution in [-0.2, 0) is 0 Å². The van der Waals surface area contributed by atoms with Crippen LogP contribution in [0.25, 0.3) is 17.0 Å². The van der Waals surface area contributed by atoms with Gasteiger partial charge in [-0.1, -0.05) is 29.8 Å². The molecule has 5 heteroatoms. The molecule has 88 valence electrons. The summed E-state index contributed by atoms with van der Waals surface area (Å²) < 4.78 is 1.71. The van der Waals surface area contributed by atoms with Crippen LogP contribution in [-0.4, -0.2) is 20.9 Å². The molecular formula is C13H8ClN3O. The van der Waals surface area contributed by atoms with Crippen molar-refractivity contribution in [1.82, 2.24) is 14.6 Å². The van der Waals surface area contributed by atoms with Crippen LogP contribution in [0.5, 0.6) is 0 Å². The third kappa shape index (κ3) is 1.67. The zero-order valence-corrected chi connectivity index (χ0v) is 10.0. The third-order valence-corrected chi connectivity index (χ3v) is 2.90. The van der Waals surface area contributed by atoms with Crippen molar-refractivity contribution < 1.29 is 4.79 Å². The second-order valence-electron chi connectivity index (χ2n) is 3.80. The normalized spacial score (nSPS) is 10.7. The Morgan fingerprint density at radius 1 is 1.11 bits per heavy atom. The smallest absolute Gasteiger partial charge is 0.168 e. The zero-order chi connectivity index (χ0) is 12.5. The van der Waals surface area contributed by atoms with Gasteiger partial charge >= 0.3 is 0 Å². The molecule has 0 atom stereocenters. The molecule has 18 heavy (non-hydrogen) atoms. The summed E-state index contributed by atoms with van der Waals surface area (Å²) in [5, 5.41) is 8.77. The highest BCUT2D eigenvalue weighted by molar-refractivity contribution is 6.30. The number of hydrogen-bond acceptors (Lipinski definition) is 3. The molecule has 0 amide bonds. The number of rotatable bonds is 2. The van der Waals surface area contributed by atoms with Gasteiger partial charge in [0.15, 0.2) is 17.8 Å². The van der Waals surface area contributed by atoms with Gasteiger partial charge < -0.3 is 0 Å². The molecule has 0 aliphatic heterocycles. The van der Waals surface area contributed by atoms with Crippen molar-refractivity contribution in [1.29, 1.82) is 0 Å². The molecule has 0 saturated heterocycles. The predicted molar refractivity (Wildman–Crippen MR) is 68.8 cm³/mol. The minimum atomic E-state index is 0.507. The molecule has 0 fully saturated rings. The van der Waals surface area contributed by atoms with E-state index in [0.29, 0.717) is 22.2 Å². The molecule has 0 saturated carbocycles. The molecule has 1 aromatic carbocycles. The second-order valence-corrected chi connectivity index (χ2v) is 4.23. The number of carbonyl (C=O) groups is 1. The third-order valence-electron chi connectivity index (χ3n) is 2.66. The monoisotopic (exact) mass is 257 g/mol. The Bertz CT molecular complexity index is 736. The quantitative estimate of drug-likeness (QED) is 0.663. The fraction of sp³-hybridized carbons (Fsp3) is 0. The van der Waals surface area contributed by atoms with E-state index >= 15 is 0 Å². The lowest BCUT2D eigenvalue weighted by Gasteiger charge is -2.02. The average Bonchev–Trinajstić information content (AvgIpc) is 2.82. The predicted octanol–water partition coefficient (Wildman–Crippen LogP) is 2.86. The van der Waals surface area contributed by atoms with Gasteiger partial charge in [-0.3, -0.25) is 9.20 Å². The van der Waals surface area contributed by atoms with Crippen molar-refractivity contribution in [2.24, 2.45) is 0 Å². The van der Waals surface area contributed by atoms with E-state index in [4.69, 9.17) is 11.6 Å². The van der Waals surface area contributed by atoms with Crippen molar-refractivity contribution in [2.45, 2.75) is 0 Å². The summed E-state index contributed by atoms with van der Waals surface area (Å²) in [7, 11) is 0. The first-order valence-electron chi connectivity index (χ1n) is 5.35. The highest BCUT2D eigenvalue weighted by Gasteiger charge is 2.10. The minimum Gasteiger partial charge on any atom is -0.296 e. The number of carbonyl (C=O) groups excluding carboxylic acids is 1. The number of aldehydes is 1. The first kappa shape index (κ1) is 10.9. The summed E-state index contributed by atoms with van der Waals surface area (Å²) in [6.07, 6.45) is 0.782. The summed E-state index contributed by atoms with van der Waals surface area (Å²) in [5.74, 6) is 0.607. The number of benzene rings is 1. The van der Waals surface area contributed by atoms with Gasteiger partial charge in [0.1, 0.15) is 0 Å². The number of halogens is 1. The number of pyridine rings is 1. The van der Waals surface area contributed by atoms with Crippen LogP contribution in [0.1, 0.15) is 10.5 Å². The van der Waals surface area contributed by atoms with E-state index in [1.807, 2.05) is 12.1 Å². The summed E-state index contributed by atoms with van der Waals surface area (Å²) in [4.78, 5) is 11.1. The van der Waals surface area contributed by atoms with Crippen LogP contribution in [0.4, 0.5) is 0 Å². The van der Waals surface area contributed by atoms with Crippen LogP contribution in [0, 0.1) is 0 Å². The molecule has 4 nitrogen and oxygen atoms in total. The van der Waals surface area contributed by atoms with Crippen molar-refractivity contribution in [3.8, 4) is 11.4 Å². The Kier molecular flexibility index (Phi) is 2.57. The van der Waals surface area contributed by atoms with Crippen LogP contribution in [0.3, 0.4) is 0 Å². The van der Waals surface area contributed by atoms with E-state index in [0.717, 1.165) is 11.8 Å². The van der Waals surface area contributed by atoms with Crippen LogP contribution in [0.15, 0.2) is 42.5 Å². The summed E-state index contributed by atoms with van der Waals surface area (Å²) in [6, 6.07) is 12.6. The molecule has 2 heterocycles. The van der Waals surface area contributed by atoms with Gasteiger partial charge in [0.25, 0.3) is 0 Å². The summed E-state index contributed by atoms with van der Waals surface area (Å²) >= 11 is 5.96. The van der Waals surface area contributed by atoms with Crippen molar-refractivity contribution >= 4 is 23.5 Å². The standard InChI is InChI=1S/C13H8ClN3O/c14-10-4-1-3-9(7-10)13-16-15-12-6-2-5-11(8-18)17(12)13/h1-8H. The van der Waals surface area contributed by atoms with Crippen molar-refractivity contribution in [2.75, 3.05) is 0 Å². The SMILES string of the molecule is O=Cc1cccc2nnc(-c3cccc(Cl)c3)n12. The van der Waals surface area contributed by atoms with E-state index in [-0.39, 0.29) is 0 Å². The van der Waals surface area contributed by atoms with E-state index in [1.54, 1.807) is 34.7 Å². The molecule has 0 aliphatic rings.